The highest BCUT2D eigenvalue weighted by Gasteiger charge is 2.31. The van der Waals surface area contributed by atoms with E-state index in [1.807, 2.05) is 13.8 Å². The first kappa shape index (κ1) is 11.3. The van der Waals surface area contributed by atoms with Gasteiger partial charge in [-0.2, -0.15) is 0 Å². The molecule has 0 saturated heterocycles. The van der Waals surface area contributed by atoms with Crippen LogP contribution in [0.1, 0.15) is 39.5 Å². The Morgan fingerprint density at radius 1 is 1.43 bits per heavy atom. The molecule has 0 spiro atoms. The fourth-order valence-electron chi connectivity index (χ4n) is 1.77. The monoisotopic (exact) mass is 200 g/mol. The minimum Gasteiger partial charge on any atom is -0.388 e. The molecule has 2 amide bonds. The third-order valence-electron chi connectivity index (χ3n) is 2.53. The molecule has 0 aliphatic heterocycles. The lowest BCUT2D eigenvalue weighted by Gasteiger charge is -2.22. The molecule has 82 valence electrons. The summed E-state index contributed by atoms with van der Waals surface area (Å²) in [7, 11) is 0. The van der Waals surface area contributed by atoms with Gasteiger partial charge in [0.1, 0.15) is 0 Å². The van der Waals surface area contributed by atoms with Crippen LogP contribution in [0, 0.1) is 0 Å². The fourth-order valence-corrected chi connectivity index (χ4v) is 1.77. The summed E-state index contributed by atoms with van der Waals surface area (Å²) in [6, 6.07) is -0.0615. The van der Waals surface area contributed by atoms with Crippen molar-refractivity contribution < 1.29 is 9.90 Å². The summed E-state index contributed by atoms with van der Waals surface area (Å²) < 4.78 is 0. The third-order valence-corrected chi connectivity index (χ3v) is 2.53. The number of hydrogen-bond acceptors (Lipinski definition) is 2. The van der Waals surface area contributed by atoms with E-state index in [9.17, 15) is 9.90 Å². The van der Waals surface area contributed by atoms with Crippen LogP contribution in [0.4, 0.5) is 4.79 Å². The van der Waals surface area contributed by atoms with Crippen molar-refractivity contribution in [1.82, 2.24) is 10.6 Å². The standard InChI is InChI=1S/C10H20N2O2/c1-8(2)12-9(13)11-7-10(14)5-3-4-6-10/h8,14H,3-7H2,1-2H3,(H2,11,12,13). The predicted octanol–water partition coefficient (Wildman–Crippen LogP) is 0.999. The number of carbonyl (C=O) groups is 1. The van der Waals surface area contributed by atoms with Gasteiger partial charge in [-0.1, -0.05) is 12.8 Å². The number of amides is 2. The van der Waals surface area contributed by atoms with Crippen LogP contribution in [0.2, 0.25) is 0 Å². The normalized spacial score (nSPS) is 19.7. The van der Waals surface area contributed by atoms with Crippen LogP contribution in [-0.4, -0.2) is 29.3 Å². The van der Waals surface area contributed by atoms with E-state index in [1.165, 1.54) is 0 Å². The number of carbonyl (C=O) groups excluding carboxylic acids is 1. The van der Waals surface area contributed by atoms with Gasteiger partial charge in [0.05, 0.1) is 5.60 Å². The summed E-state index contributed by atoms with van der Waals surface area (Å²) in [5, 5.41) is 15.4. The van der Waals surface area contributed by atoms with Crippen LogP contribution in [0.25, 0.3) is 0 Å². The van der Waals surface area contributed by atoms with E-state index >= 15 is 0 Å². The average molecular weight is 200 g/mol. The van der Waals surface area contributed by atoms with Crippen molar-refractivity contribution in [2.24, 2.45) is 0 Å². The van der Waals surface area contributed by atoms with E-state index in [-0.39, 0.29) is 12.1 Å². The maximum absolute atomic E-state index is 11.2. The van der Waals surface area contributed by atoms with E-state index in [1.54, 1.807) is 0 Å². The first-order valence-corrected chi connectivity index (χ1v) is 5.29. The molecular formula is C10H20N2O2. The highest BCUT2D eigenvalue weighted by molar-refractivity contribution is 5.74. The predicted molar refractivity (Wildman–Crippen MR) is 55.1 cm³/mol. The molecular weight excluding hydrogens is 180 g/mol. The fraction of sp³-hybridized carbons (Fsp3) is 0.900. The van der Waals surface area contributed by atoms with Gasteiger partial charge < -0.3 is 15.7 Å². The Morgan fingerprint density at radius 3 is 2.50 bits per heavy atom. The number of hydrogen-bond donors (Lipinski definition) is 3. The number of aliphatic hydroxyl groups is 1. The molecule has 0 aromatic carbocycles. The molecule has 0 aromatic heterocycles. The largest absolute Gasteiger partial charge is 0.388 e. The highest BCUT2D eigenvalue weighted by Crippen LogP contribution is 2.28. The maximum atomic E-state index is 11.2. The summed E-state index contributed by atoms with van der Waals surface area (Å²) in [4.78, 5) is 11.2. The molecule has 0 atom stereocenters. The molecule has 3 N–H and O–H groups in total. The average Bonchev–Trinajstić information content (AvgIpc) is 2.49. The van der Waals surface area contributed by atoms with Gasteiger partial charge in [-0.05, 0) is 26.7 Å². The van der Waals surface area contributed by atoms with Gasteiger partial charge >= 0.3 is 6.03 Å². The zero-order valence-electron chi connectivity index (χ0n) is 8.97. The molecule has 1 fully saturated rings. The Morgan fingerprint density at radius 2 is 2.00 bits per heavy atom. The van der Waals surface area contributed by atoms with E-state index < -0.39 is 5.60 Å². The van der Waals surface area contributed by atoms with Crippen molar-refractivity contribution in [3.63, 3.8) is 0 Å². The number of urea groups is 1. The van der Waals surface area contributed by atoms with Crippen LogP contribution in [0.3, 0.4) is 0 Å². The lowest BCUT2D eigenvalue weighted by Crippen LogP contribution is -2.46. The summed E-state index contributed by atoms with van der Waals surface area (Å²) in [5.74, 6) is 0. The van der Waals surface area contributed by atoms with E-state index in [4.69, 9.17) is 0 Å². The van der Waals surface area contributed by atoms with Gasteiger partial charge in [0, 0.05) is 12.6 Å². The van der Waals surface area contributed by atoms with E-state index in [0.717, 1.165) is 25.7 Å². The minimum absolute atomic E-state index is 0.133. The van der Waals surface area contributed by atoms with Crippen molar-refractivity contribution in [2.75, 3.05) is 6.54 Å². The van der Waals surface area contributed by atoms with Crippen LogP contribution in [0.15, 0.2) is 0 Å². The van der Waals surface area contributed by atoms with Crippen LogP contribution < -0.4 is 10.6 Å². The molecule has 0 heterocycles. The molecule has 1 saturated carbocycles. The van der Waals surface area contributed by atoms with Crippen LogP contribution in [-0.2, 0) is 0 Å². The zero-order valence-corrected chi connectivity index (χ0v) is 8.97. The maximum Gasteiger partial charge on any atom is 0.315 e. The molecule has 0 unspecified atom stereocenters. The van der Waals surface area contributed by atoms with Gasteiger partial charge in [-0.25, -0.2) is 4.79 Å². The summed E-state index contributed by atoms with van der Waals surface area (Å²) in [5.41, 5.74) is -0.658. The quantitative estimate of drug-likeness (QED) is 0.636. The molecule has 1 aliphatic rings. The number of rotatable bonds is 3. The van der Waals surface area contributed by atoms with Gasteiger partial charge in [-0.15, -0.1) is 0 Å². The second-order valence-corrected chi connectivity index (χ2v) is 4.41. The molecule has 4 nitrogen and oxygen atoms in total. The Hall–Kier alpha value is -0.770. The molecule has 0 radical (unpaired) electrons. The van der Waals surface area contributed by atoms with E-state index in [2.05, 4.69) is 10.6 Å². The molecule has 0 aromatic rings. The third kappa shape index (κ3) is 3.54. The van der Waals surface area contributed by atoms with Crippen molar-refractivity contribution in [1.29, 1.82) is 0 Å². The number of nitrogens with one attached hydrogen (secondary N) is 2. The zero-order chi connectivity index (χ0) is 10.6. The Balaban J connectivity index is 2.22. The van der Waals surface area contributed by atoms with Crippen LogP contribution in [0.5, 0.6) is 0 Å². The SMILES string of the molecule is CC(C)NC(=O)NCC1(O)CCCC1. The van der Waals surface area contributed by atoms with Gasteiger partial charge in [0.2, 0.25) is 0 Å². The van der Waals surface area contributed by atoms with Gasteiger partial charge in [0.15, 0.2) is 0 Å². The minimum atomic E-state index is -0.658. The highest BCUT2D eigenvalue weighted by atomic mass is 16.3. The second-order valence-electron chi connectivity index (χ2n) is 4.41. The second kappa shape index (κ2) is 4.64. The van der Waals surface area contributed by atoms with Crippen LogP contribution >= 0.6 is 0 Å². The lowest BCUT2D eigenvalue weighted by molar-refractivity contribution is 0.0500. The molecule has 1 rings (SSSR count). The molecule has 4 heteroatoms. The first-order valence-electron chi connectivity index (χ1n) is 5.29. The van der Waals surface area contributed by atoms with Crippen molar-refractivity contribution >= 4 is 6.03 Å². The van der Waals surface area contributed by atoms with Gasteiger partial charge in [-0.3, -0.25) is 0 Å². The smallest absolute Gasteiger partial charge is 0.315 e. The lowest BCUT2D eigenvalue weighted by atomic mass is 10.0. The Labute approximate surface area is 85.1 Å². The molecule has 1 aliphatic carbocycles. The first-order chi connectivity index (χ1) is 6.52. The van der Waals surface area contributed by atoms with Gasteiger partial charge in [0.25, 0.3) is 0 Å². The molecule has 14 heavy (non-hydrogen) atoms. The van der Waals surface area contributed by atoms with Crippen molar-refractivity contribution in [3.8, 4) is 0 Å². The Kier molecular flexibility index (Phi) is 3.75. The summed E-state index contributed by atoms with van der Waals surface area (Å²) in [6.45, 7) is 4.18. The Bertz CT molecular complexity index is 198. The summed E-state index contributed by atoms with van der Waals surface area (Å²) in [6.07, 6.45) is 3.72. The molecule has 0 bridgehead atoms. The topological polar surface area (TPSA) is 61.4 Å². The summed E-state index contributed by atoms with van der Waals surface area (Å²) >= 11 is 0. The van der Waals surface area contributed by atoms with E-state index in [0.29, 0.717) is 6.54 Å². The van der Waals surface area contributed by atoms with Crippen molar-refractivity contribution in [3.05, 3.63) is 0 Å². The van der Waals surface area contributed by atoms with Crippen molar-refractivity contribution in [2.45, 2.75) is 51.2 Å².